The zero-order chi connectivity index (χ0) is 32.0. The molecule has 1 aliphatic rings. The highest BCUT2D eigenvalue weighted by Gasteiger charge is 2.38. The quantitative estimate of drug-likeness (QED) is 0.207. The monoisotopic (exact) mass is 650 g/mol. The smallest absolute Gasteiger partial charge is 0.411 e. The fourth-order valence-corrected chi connectivity index (χ4v) is 7.63. The molecule has 1 aromatic heterocycles. The molecule has 5 rings (SSSR count). The second kappa shape index (κ2) is 14.5. The number of benzene rings is 3. The van der Waals surface area contributed by atoms with Crippen LogP contribution < -0.4 is 5.32 Å². The van der Waals surface area contributed by atoms with Crippen molar-refractivity contribution in [1.29, 1.82) is 0 Å². The Bertz CT molecular complexity index is 1700. The molecular weight excluding hydrogens is 613 g/mol. The van der Waals surface area contributed by atoms with Crippen molar-refractivity contribution in [3.63, 3.8) is 0 Å². The second-order valence-electron chi connectivity index (χ2n) is 11.4. The lowest BCUT2D eigenvalue weighted by Gasteiger charge is -2.31. The first-order valence-corrected chi connectivity index (χ1v) is 17.3. The maximum absolute atomic E-state index is 14.0. The van der Waals surface area contributed by atoms with Crippen LogP contribution >= 0.6 is 11.3 Å². The largest absolute Gasteiger partial charge is 0.434 e. The zero-order valence-corrected chi connectivity index (χ0v) is 26.9. The Hall–Kier alpha value is -3.84. The predicted molar refractivity (Wildman–Crippen MR) is 173 cm³/mol. The average Bonchev–Trinajstić information content (AvgIpc) is 3.67. The van der Waals surface area contributed by atoms with Gasteiger partial charge in [0, 0.05) is 19.6 Å². The molecule has 2 heterocycles. The first-order valence-electron chi connectivity index (χ1n) is 15.0. The van der Waals surface area contributed by atoms with E-state index in [1.165, 1.54) is 26.6 Å². The van der Waals surface area contributed by atoms with Gasteiger partial charge in [-0.2, -0.15) is 4.31 Å². The van der Waals surface area contributed by atoms with Crippen molar-refractivity contribution in [3.8, 4) is 0 Å². The van der Waals surface area contributed by atoms with Crippen LogP contribution in [0, 0.1) is 5.92 Å². The van der Waals surface area contributed by atoms with Gasteiger partial charge in [0.15, 0.2) is 6.10 Å². The Labute approximate surface area is 267 Å². The summed E-state index contributed by atoms with van der Waals surface area (Å²) in [4.78, 5) is 31.9. The summed E-state index contributed by atoms with van der Waals surface area (Å²) >= 11 is 1.36. The van der Waals surface area contributed by atoms with Crippen LogP contribution in [-0.2, 0) is 32.5 Å². The summed E-state index contributed by atoms with van der Waals surface area (Å²) in [6.07, 6.45) is -1.95. The molecule has 238 valence electrons. The lowest BCUT2D eigenvalue weighted by molar-refractivity contribution is -0.129. The van der Waals surface area contributed by atoms with E-state index in [2.05, 4.69) is 10.3 Å². The van der Waals surface area contributed by atoms with Crippen LogP contribution in [0.3, 0.4) is 0 Å². The normalized spacial score (nSPS) is 17.3. The van der Waals surface area contributed by atoms with Crippen LogP contribution in [0.15, 0.2) is 89.3 Å². The highest BCUT2D eigenvalue weighted by atomic mass is 32.2. The molecule has 1 fully saturated rings. The van der Waals surface area contributed by atoms with Crippen molar-refractivity contribution < 1.29 is 27.9 Å². The highest BCUT2D eigenvalue weighted by molar-refractivity contribution is 7.89. The number of nitrogens with zero attached hydrogens (tertiary/aromatic N) is 3. The second-order valence-corrected chi connectivity index (χ2v) is 14.3. The first kappa shape index (κ1) is 32.6. The van der Waals surface area contributed by atoms with Crippen molar-refractivity contribution in [1.82, 2.24) is 19.5 Å². The van der Waals surface area contributed by atoms with Gasteiger partial charge in [-0.05, 0) is 41.7 Å². The number of amides is 2. The maximum atomic E-state index is 14.0. The summed E-state index contributed by atoms with van der Waals surface area (Å²) in [5.41, 5.74) is 4.14. The molecule has 0 bridgehead atoms. The van der Waals surface area contributed by atoms with Crippen molar-refractivity contribution in [2.24, 2.45) is 5.92 Å². The van der Waals surface area contributed by atoms with Gasteiger partial charge in [-0.15, -0.1) is 11.3 Å². The third-order valence-corrected chi connectivity index (χ3v) is 10.6. The Kier molecular flexibility index (Phi) is 10.5. The summed E-state index contributed by atoms with van der Waals surface area (Å²) in [7, 11) is -4.00. The van der Waals surface area contributed by atoms with Gasteiger partial charge in [-0.1, -0.05) is 80.9 Å². The fraction of sp³-hybridized carbons (Fsp3) is 0.364. The van der Waals surface area contributed by atoms with E-state index in [-0.39, 0.29) is 36.9 Å². The van der Waals surface area contributed by atoms with E-state index in [9.17, 15) is 23.1 Å². The number of aromatic nitrogens is 1. The van der Waals surface area contributed by atoms with E-state index in [0.717, 1.165) is 22.2 Å². The number of hydrogen-bond donors (Lipinski definition) is 2. The highest BCUT2D eigenvalue weighted by Crippen LogP contribution is 2.26. The zero-order valence-electron chi connectivity index (χ0n) is 25.3. The number of ether oxygens (including phenoxy) is 1. The van der Waals surface area contributed by atoms with E-state index < -0.39 is 40.3 Å². The number of rotatable bonds is 14. The number of nitrogens with one attached hydrogen (secondary N) is 1. The molecule has 2 amide bonds. The van der Waals surface area contributed by atoms with Crippen LogP contribution in [-0.4, -0.2) is 77.6 Å². The van der Waals surface area contributed by atoms with Crippen molar-refractivity contribution in [2.75, 3.05) is 19.6 Å². The van der Waals surface area contributed by atoms with Gasteiger partial charge in [0.1, 0.15) is 0 Å². The Morgan fingerprint density at radius 2 is 1.78 bits per heavy atom. The lowest BCUT2D eigenvalue weighted by atomic mass is 10.0. The molecule has 1 saturated heterocycles. The van der Waals surface area contributed by atoms with E-state index in [4.69, 9.17) is 4.74 Å². The molecule has 3 aromatic carbocycles. The lowest BCUT2D eigenvalue weighted by Crippen LogP contribution is -2.53. The molecule has 2 N–H and O–H groups in total. The van der Waals surface area contributed by atoms with Gasteiger partial charge in [0.25, 0.3) is 5.91 Å². The number of carbonyl (C=O) groups is 2. The summed E-state index contributed by atoms with van der Waals surface area (Å²) < 4.78 is 35.4. The number of aliphatic hydroxyl groups excluding tert-OH is 1. The minimum atomic E-state index is -4.00. The molecule has 12 heteroatoms. The predicted octanol–water partition coefficient (Wildman–Crippen LogP) is 4.44. The Morgan fingerprint density at radius 1 is 1.09 bits per heavy atom. The van der Waals surface area contributed by atoms with Crippen molar-refractivity contribution >= 4 is 43.6 Å². The number of carbonyl (C=O) groups excluding carboxylic acids is 2. The van der Waals surface area contributed by atoms with Gasteiger partial charge in [0.05, 0.1) is 39.3 Å². The van der Waals surface area contributed by atoms with Gasteiger partial charge < -0.3 is 15.2 Å². The molecule has 4 atom stereocenters. The molecule has 10 nitrogen and oxygen atoms in total. The van der Waals surface area contributed by atoms with E-state index in [0.29, 0.717) is 12.1 Å². The molecular formula is C33H38N4O6S2. The first-order chi connectivity index (χ1) is 21.6. The van der Waals surface area contributed by atoms with Crippen molar-refractivity contribution in [3.05, 3.63) is 95.5 Å². The topological polar surface area (TPSA) is 129 Å². The molecule has 0 aliphatic carbocycles. The van der Waals surface area contributed by atoms with Crippen LogP contribution in [0.25, 0.3) is 10.2 Å². The van der Waals surface area contributed by atoms with Gasteiger partial charge in [-0.3, -0.25) is 9.69 Å². The SMILES string of the molecule is CC[C@H](C)CN(C[C@@H](O)[C@H](Cc1ccccc1)NC(=O)C1CN(Cc2ccccc2)C(=O)O1)S(=O)(=O)c1ccc2ncsc2c1. The van der Waals surface area contributed by atoms with Gasteiger partial charge >= 0.3 is 6.09 Å². The molecule has 0 saturated carbocycles. The Morgan fingerprint density at radius 3 is 2.47 bits per heavy atom. The van der Waals surface area contributed by atoms with E-state index in [1.54, 1.807) is 17.6 Å². The third kappa shape index (κ3) is 8.06. The molecule has 45 heavy (non-hydrogen) atoms. The van der Waals surface area contributed by atoms with E-state index >= 15 is 0 Å². The van der Waals surface area contributed by atoms with Crippen LogP contribution in [0.1, 0.15) is 31.4 Å². The molecule has 1 aliphatic heterocycles. The summed E-state index contributed by atoms with van der Waals surface area (Å²) in [5.74, 6) is -0.527. The molecule has 1 unspecified atom stereocenters. The molecule has 0 radical (unpaired) electrons. The molecule has 4 aromatic rings. The van der Waals surface area contributed by atoms with Crippen molar-refractivity contribution in [2.45, 2.75) is 56.4 Å². The number of cyclic esters (lactones) is 1. The van der Waals surface area contributed by atoms with Gasteiger partial charge in [0.2, 0.25) is 10.0 Å². The van der Waals surface area contributed by atoms with Crippen LogP contribution in [0.4, 0.5) is 4.79 Å². The minimum Gasteiger partial charge on any atom is -0.434 e. The van der Waals surface area contributed by atoms with Gasteiger partial charge in [-0.25, -0.2) is 18.2 Å². The number of thiazole rings is 1. The average molecular weight is 651 g/mol. The summed E-state index contributed by atoms with van der Waals surface area (Å²) in [5, 5.41) is 14.5. The van der Waals surface area contributed by atoms with Crippen LogP contribution in [0.5, 0.6) is 0 Å². The maximum Gasteiger partial charge on any atom is 0.411 e. The van der Waals surface area contributed by atoms with Crippen LogP contribution in [0.2, 0.25) is 0 Å². The standard InChI is InChI=1S/C33H38N4O6S2/c1-3-23(2)18-37(45(41,42)26-14-15-27-31(17-26)44-22-34-27)20-29(38)28(16-24-10-6-4-7-11-24)35-32(39)30-21-36(33(40)43-30)19-25-12-8-5-9-13-25/h4-15,17,22-23,28-30,38H,3,16,18-21H2,1-2H3,(H,35,39)/t23-,28-,29+,30?/m0/s1. The Balaban J connectivity index is 1.35. The summed E-state index contributed by atoms with van der Waals surface area (Å²) in [6.45, 7) is 4.25. The number of aliphatic hydroxyl groups is 1. The summed E-state index contributed by atoms with van der Waals surface area (Å²) in [6, 6.07) is 22.7. The fourth-order valence-electron chi connectivity index (χ4n) is 5.23. The number of hydrogen-bond acceptors (Lipinski definition) is 8. The number of fused-ring (bicyclic) bond motifs is 1. The van der Waals surface area contributed by atoms with E-state index in [1.807, 2.05) is 74.5 Å². The third-order valence-electron chi connectivity index (χ3n) is 8.03. The number of sulfonamides is 1. The molecule has 0 spiro atoms. The minimum absolute atomic E-state index is 0.0229.